The molecular formula is C22H22N4O. The van der Waals surface area contributed by atoms with E-state index in [0.29, 0.717) is 6.54 Å². The smallest absolute Gasteiger partial charge is 0.126 e. The molecule has 2 aromatic heterocycles. The van der Waals surface area contributed by atoms with Gasteiger partial charge in [-0.2, -0.15) is 0 Å². The molecule has 0 radical (unpaired) electrons. The third-order valence-electron chi connectivity index (χ3n) is 4.62. The van der Waals surface area contributed by atoms with Crippen molar-refractivity contribution >= 4 is 27.5 Å². The summed E-state index contributed by atoms with van der Waals surface area (Å²) in [6, 6.07) is 18.4. The molecule has 5 nitrogen and oxygen atoms in total. The van der Waals surface area contributed by atoms with Gasteiger partial charge in [0, 0.05) is 23.7 Å². The summed E-state index contributed by atoms with van der Waals surface area (Å²) in [6.45, 7) is 1.48. The van der Waals surface area contributed by atoms with E-state index in [2.05, 4.69) is 28.5 Å². The zero-order chi connectivity index (χ0) is 18.6. The van der Waals surface area contributed by atoms with Crippen LogP contribution in [-0.2, 0) is 0 Å². The third-order valence-corrected chi connectivity index (χ3v) is 4.62. The Morgan fingerprint density at radius 1 is 1.04 bits per heavy atom. The molecule has 0 saturated heterocycles. The Bertz CT molecular complexity index is 1090. The van der Waals surface area contributed by atoms with Crippen molar-refractivity contribution in [2.24, 2.45) is 5.73 Å². The average Bonchev–Trinajstić information content (AvgIpc) is 2.72. The van der Waals surface area contributed by atoms with Gasteiger partial charge in [0.05, 0.1) is 18.3 Å². The first-order valence-electron chi connectivity index (χ1n) is 9.06. The number of fused-ring (bicyclic) bond motifs is 2. The van der Waals surface area contributed by atoms with Gasteiger partial charge in [0.25, 0.3) is 0 Å². The molecule has 0 unspecified atom stereocenters. The van der Waals surface area contributed by atoms with Gasteiger partial charge >= 0.3 is 0 Å². The van der Waals surface area contributed by atoms with Crippen LogP contribution in [0, 0.1) is 0 Å². The molecule has 4 aromatic rings. The standard InChI is InChI=1S/C22H22N4O/c1-27-17-7-8-18-15(12-17)4-2-5-19(18)21-13-20-16(14-25-21)6-9-22(26-20)24-11-3-10-23/h2,4-9,12-14H,3,10-11,23H2,1H3,(H,24,26). The number of ether oxygens (including phenoxy) is 1. The summed E-state index contributed by atoms with van der Waals surface area (Å²) in [5.74, 6) is 1.71. The number of nitrogens with zero attached hydrogens (tertiary/aromatic N) is 2. The molecule has 0 fully saturated rings. The third kappa shape index (κ3) is 3.55. The maximum atomic E-state index is 5.55. The van der Waals surface area contributed by atoms with Crippen molar-refractivity contribution in [3.63, 3.8) is 0 Å². The number of anilines is 1. The average molecular weight is 358 g/mol. The van der Waals surface area contributed by atoms with E-state index in [9.17, 15) is 0 Å². The Balaban J connectivity index is 1.76. The number of rotatable bonds is 6. The normalized spacial score (nSPS) is 11.0. The fourth-order valence-electron chi connectivity index (χ4n) is 3.19. The first-order chi connectivity index (χ1) is 13.3. The van der Waals surface area contributed by atoms with Crippen molar-refractivity contribution in [1.82, 2.24) is 9.97 Å². The molecule has 136 valence electrons. The number of hydrogen-bond acceptors (Lipinski definition) is 5. The monoisotopic (exact) mass is 358 g/mol. The highest BCUT2D eigenvalue weighted by Gasteiger charge is 2.08. The maximum Gasteiger partial charge on any atom is 0.126 e. The zero-order valence-electron chi connectivity index (χ0n) is 15.3. The molecule has 0 spiro atoms. The van der Waals surface area contributed by atoms with Crippen LogP contribution in [-0.4, -0.2) is 30.2 Å². The molecule has 0 atom stereocenters. The lowest BCUT2D eigenvalue weighted by Crippen LogP contribution is -2.09. The van der Waals surface area contributed by atoms with Crippen LogP contribution in [0.2, 0.25) is 0 Å². The SMILES string of the molecule is COc1ccc2c(-c3cc4nc(NCCCN)ccc4cn3)cccc2c1. The van der Waals surface area contributed by atoms with Gasteiger partial charge in [0.15, 0.2) is 0 Å². The van der Waals surface area contributed by atoms with Gasteiger partial charge in [-0.1, -0.05) is 24.3 Å². The minimum atomic E-state index is 0.667. The highest BCUT2D eigenvalue weighted by molar-refractivity contribution is 5.98. The van der Waals surface area contributed by atoms with Crippen molar-refractivity contribution in [1.29, 1.82) is 0 Å². The van der Waals surface area contributed by atoms with E-state index < -0.39 is 0 Å². The van der Waals surface area contributed by atoms with Gasteiger partial charge in [0.1, 0.15) is 11.6 Å². The van der Waals surface area contributed by atoms with E-state index in [-0.39, 0.29) is 0 Å². The van der Waals surface area contributed by atoms with Crippen LogP contribution in [0.4, 0.5) is 5.82 Å². The molecule has 0 aliphatic carbocycles. The van der Waals surface area contributed by atoms with Crippen molar-refractivity contribution in [3.8, 4) is 17.0 Å². The zero-order valence-corrected chi connectivity index (χ0v) is 15.3. The second-order valence-corrected chi connectivity index (χ2v) is 6.42. The van der Waals surface area contributed by atoms with Crippen molar-refractivity contribution in [3.05, 3.63) is 60.8 Å². The van der Waals surface area contributed by atoms with E-state index in [1.807, 2.05) is 42.6 Å². The summed E-state index contributed by atoms with van der Waals surface area (Å²) in [4.78, 5) is 9.40. The van der Waals surface area contributed by atoms with Gasteiger partial charge in [-0.15, -0.1) is 0 Å². The van der Waals surface area contributed by atoms with Crippen molar-refractivity contribution in [2.75, 3.05) is 25.5 Å². The summed E-state index contributed by atoms with van der Waals surface area (Å²) in [6.07, 6.45) is 2.80. The van der Waals surface area contributed by atoms with E-state index in [4.69, 9.17) is 15.5 Å². The second kappa shape index (κ2) is 7.60. The van der Waals surface area contributed by atoms with Crippen LogP contribution in [0.1, 0.15) is 6.42 Å². The topological polar surface area (TPSA) is 73.1 Å². The Morgan fingerprint density at radius 3 is 2.81 bits per heavy atom. The quantitative estimate of drug-likeness (QED) is 0.505. The molecule has 27 heavy (non-hydrogen) atoms. The lowest BCUT2D eigenvalue weighted by atomic mass is 10.0. The lowest BCUT2D eigenvalue weighted by Gasteiger charge is -2.10. The van der Waals surface area contributed by atoms with Crippen LogP contribution in [0.25, 0.3) is 32.9 Å². The number of aromatic nitrogens is 2. The minimum absolute atomic E-state index is 0.667. The summed E-state index contributed by atoms with van der Waals surface area (Å²) in [7, 11) is 1.68. The highest BCUT2D eigenvalue weighted by Crippen LogP contribution is 2.31. The molecule has 3 N–H and O–H groups in total. The number of nitrogens with two attached hydrogens (primary N) is 1. The summed E-state index contributed by atoms with van der Waals surface area (Å²) in [5, 5.41) is 6.60. The van der Waals surface area contributed by atoms with Gasteiger partial charge in [0.2, 0.25) is 0 Å². The molecule has 0 saturated carbocycles. The Kier molecular flexibility index (Phi) is 4.85. The van der Waals surface area contributed by atoms with Gasteiger partial charge in [-0.05, 0) is 54.1 Å². The van der Waals surface area contributed by atoms with Crippen LogP contribution in [0.3, 0.4) is 0 Å². The molecule has 0 aliphatic heterocycles. The largest absolute Gasteiger partial charge is 0.497 e. The minimum Gasteiger partial charge on any atom is -0.497 e. The fraction of sp³-hybridized carbons (Fsp3) is 0.182. The van der Waals surface area contributed by atoms with Crippen LogP contribution in [0.5, 0.6) is 5.75 Å². The molecule has 2 heterocycles. The number of hydrogen-bond donors (Lipinski definition) is 2. The molecule has 0 amide bonds. The van der Waals surface area contributed by atoms with E-state index in [0.717, 1.165) is 57.5 Å². The highest BCUT2D eigenvalue weighted by atomic mass is 16.5. The molecule has 0 bridgehead atoms. The van der Waals surface area contributed by atoms with Crippen molar-refractivity contribution < 1.29 is 4.74 Å². The number of methoxy groups -OCH3 is 1. The first kappa shape index (κ1) is 17.2. The fourth-order valence-corrected chi connectivity index (χ4v) is 3.19. The van der Waals surface area contributed by atoms with Gasteiger partial charge < -0.3 is 15.8 Å². The van der Waals surface area contributed by atoms with E-state index in [1.54, 1.807) is 7.11 Å². The van der Waals surface area contributed by atoms with E-state index in [1.165, 1.54) is 0 Å². The van der Waals surface area contributed by atoms with Crippen LogP contribution < -0.4 is 15.8 Å². The first-order valence-corrected chi connectivity index (χ1v) is 9.06. The summed E-state index contributed by atoms with van der Waals surface area (Å²) in [5.41, 5.74) is 8.47. The van der Waals surface area contributed by atoms with Crippen LogP contribution in [0.15, 0.2) is 60.8 Å². The number of nitrogens with one attached hydrogen (secondary N) is 1. The lowest BCUT2D eigenvalue weighted by molar-refractivity contribution is 0.415. The summed E-state index contributed by atoms with van der Waals surface area (Å²) < 4.78 is 5.34. The van der Waals surface area contributed by atoms with Crippen molar-refractivity contribution in [2.45, 2.75) is 6.42 Å². The van der Waals surface area contributed by atoms with E-state index >= 15 is 0 Å². The second-order valence-electron chi connectivity index (χ2n) is 6.42. The van der Waals surface area contributed by atoms with Gasteiger partial charge in [-0.25, -0.2) is 4.98 Å². The molecule has 2 aromatic carbocycles. The number of pyridine rings is 2. The number of benzene rings is 2. The predicted octanol–water partition coefficient (Wildman–Crippen LogP) is 4.22. The summed E-state index contributed by atoms with van der Waals surface area (Å²) >= 11 is 0. The Hall–Kier alpha value is -3.18. The maximum absolute atomic E-state index is 5.55. The van der Waals surface area contributed by atoms with Crippen LogP contribution >= 0.6 is 0 Å². The molecular weight excluding hydrogens is 336 g/mol. The molecule has 5 heteroatoms. The molecule has 0 aliphatic rings. The predicted molar refractivity (Wildman–Crippen MR) is 111 cm³/mol. The van der Waals surface area contributed by atoms with Gasteiger partial charge in [-0.3, -0.25) is 4.98 Å². The molecule has 4 rings (SSSR count). The Morgan fingerprint density at radius 2 is 1.96 bits per heavy atom. The Labute approximate surface area is 158 Å².